The van der Waals surface area contributed by atoms with Crippen molar-refractivity contribution >= 4 is 28.1 Å². The van der Waals surface area contributed by atoms with Gasteiger partial charge in [0.1, 0.15) is 19.0 Å². The molecule has 2 heterocycles. The van der Waals surface area contributed by atoms with Crippen LogP contribution in [0.1, 0.15) is 55.5 Å². The van der Waals surface area contributed by atoms with Gasteiger partial charge in [-0.1, -0.05) is 31.2 Å². The van der Waals surface area contributed by atoms with Crippen molar-refractivity contribution in [3.05, 3.63) is 95.2 Å². The molecular weight excluding hydrogens is 516 g/mol. The lowest BCUT2D eigenvalue weighted by molar-refractivity contribution is -0.0366. The van der Waals surface area contributed by atoms with Crippen LogP contribution in [0.3, 0.4) is 0 Å². The third-order valence-electron chi connectivity index (χ3n) is 6.98. The van der Waals surface area contributed by atoms with E-state index in [0.29, 0.717) is 17.7 Å². The summed E-state index contributed by atoms with van der Waals surface area (Å²) in [5, 5.41) is 5.58. The van der Waals surface area contributed by atoms with Crippen molar-refractivity contribution in [3.63, 3.8) is 0 Å². The van der Waals surface area contributed by atoms with E-state index in [0.717, 1.165) is 65.1 Å². The van der Waals surface area contributed by atoms with Gasteiger partial charge in [0.15, 0.2) is 17.9 Å². The first-order valence-corrected chi connectivity index (χ1v) is 13.4. The summed E-state index contributed by atoms with van der Waals surface area (Å²) in [7, 11) is 0. The van der Waals surface area contributed by atoms with E-state index in [1.54, 1.807) is 6.07 Å². The molecule has 7 nitrogen and oxygen atoms in total. The Balaban J connectivity index is 1.55. The second-order valence-corrected chi connectivity index (χ2v) is 9.56. The Kier molecular flexibility index (Phi) is 8.40. The number of primary amides is 1. The fourth-order valence-corrected chi connectivity index (χ4v) is 5.10. The molecule has 1 atom stereocenters. The Hall–Kier alpha value is -4.24. The van der Waals surface area contributed by atoms with Gasteiger partial charge < -0.3 is 19.9 Å². The van der Waals surface area contributed by atoms with Gasteiger partial charge in [-0.2, -0.15) is 5.10 Å². The Morgan fingerprint density at radius 1 is 1.00 bits per heavy atom. The van der Waals surface area contributed by atoms with Gasteiger partial charge in [-0.3, -0.25) is 0 Å². The van der Waals surface area contributed by atoms with Crippen LogP contribution in [0.15, 0.2) is 66.9 Å². The van der Waals surface area contributed by atoms with Crippen molar-refractivity contribution < 1.29 is 27.8 Å². The zero-order chi connectivity index (χ0) is 28.1. The minimum Gasteiger partial charge on any atom is -0.490 e. The average molecular weight is 548 g/mol. The summed E-state index contributed by atoms with van der Waals surface area (Å²) < 4.78 is 46.4. The highest BCUT2D eigenvalue weighted by molar-refractivity contribution is 6.00. The molecule has 0 bridgehead atoms. The first-order chi connectivity index (χ1) is 19.4. The molecule has 208 valence electrons. The highest BCUT2D eigenvalue weighted by Gasteiger charge is 2.20. The van der Waals surface area contributed by atoms with Crippen molar-refractivity contribution in [1.82, 2.24) is 9.78 Å². The molecule has 1 aliphatic rings. The fourth-order valence-electron chi connectivity index (χ4n) is 5.10. The van der Waals surface area contributed by atoms with Gasteiger partial charge in [0.2, 0.25) is 0 Å². The number of nitrogens with two attached hydrogens (primary N) is 1. The smallest absolute Gasteiger partial charge is 0.404 e. The van der Waals surface area contributed by atoms with E-state index in [1.807, 2.05) is 54.2 Å². The molecule has 1 unspecified atom stereocenters. The summed E-state index contributed by atoms with van der Waals surface area (Å²) >= 11 is 0. The summed E-state index contributed by atoms with van der Waals surface area (Å²) in [6.45, 7) is 2.91. The maximum Gasteiger partial charge on any atom is 0.404 e. The van der Waals surface area contributed by atoms with E-state index in [1.165, 1.54) is 6.07 Å². The van der Waals surface area contributed by atoms with E-state index in [2.05, 4.69) is 11.2 Å². The number of carbonyl (C=O) groups is 1. The van der Waals surface area contributed by atoms with Crippen LogP contribution in [0.25, 0.3) is 22.0 Å². The van der Waals surface area contributed by atoms with Crippen molar-refractivity contribution in [3.8, 4) is 5.75 Å². The van der Waals surface area contributed by atoms with Crippen LogP contribution >= 0.6 is 0 Å². The summed E-state index contributed by atoms with van der Waals surface area (Å²) in [4.78, 5) is 10.8. The minimum absolute atomic E-state index is 0.0396. The number of rotatable bonds is 9. The third-order valence-corrected chi connectivity index (χ3v) is 6.98. The Morgan fingerprint density at radius 2 is 1.77 bits per heavy atom. The molecule has 1 amide bonds. The Bertz CT molecular complexity index is 1530. The molecule has 2 N–H and O–H groups in total. The number of ether oxygens (including phenoxy) is 3. The number of carbonyl (C=O) groups excluding carboxylic acids is 1. The SMILES string of the molecule is CCC(=C(c1ccc(OCCOC(N)=O)cc1)c1ccc2c(cnn2C2CCCCO2)c1)c1ccc(F)c(F)c1. The van der Waals surface area contributed by atoms with E-state index in [9.17, 15) is 13.6 Å². The number of amides is 1. The quantitative estimate of drug-likeness (QED) is 0.183. The Morgan fingerprint density at radius 3 is 2.48 bits per heavy atom. The number of aromatic nitrogens is 2. The molecule has 0 saturated carbocycles. The van der Waals surface area contributed by atoms with Gasteiger partial charge in [0.05, 0.1) is 11.7 Å². The van der Waals surface area contributed by atoms with Crippen LogP contribution < -0.4 is 10.5 Å². The molecule has 3 aromatic carbocycles. The molecule has 1 aliphatic heterocycles. The molecule has 1 aromatic heterocycles. The molecule has 0 aliphatic carbocycles. The normalized spacial score (nSPS) is 16.0. The lowest BCUT2D eigenvalue weighted by Crippen LogP contribution is -2.18. The molecule has 1 fully saturated rings. The van der Waals surface area contributed by atoms with E-state index in [-0.39, 0.29) is 19.4 Å². The molecule has 0 spiro atoms. The van der Waals surface area contributed by atoms with Crippen LogP contribution in [0.4, 0.5) is 13.6 Å². The number of fused-ring (bicyclic) bond motifs is 1. The van der Waals surface area contributed by atoms with E-state index < -0.39 is 17.7 Å². The molecule has 5 rings (SSSR count). The second-order valence-electron chi connectivity index (χ2n) is 9.56. The topological polar surface area (TPSA) is 88.6 Å². The summed E-state index contributed by atoms with van der Waals surface area (Å²) in [5.74, 6) is -1.19. The summed E-state index contributed by atoms with van der Waals surface area (Å²) in [6.07, 6.45) is 4.56. The molecule has 40 heavy (non-hydrogen) atoms. The third kappa shape index (κ3) is 5.99. The largest absolute Gasteiger partial charge is 0.490 e. The number of hydrogen-bond donors (Lipinski definition) is 1. The van der Waals surface area contributed by atoms with Gasteiger partial charge in [-0.25, -0.2) is 18.3 Å². The maximum absolute atomic E-state index is 14.3. The maximum atomic E-state index is 14.3. The van der Waals surface area contributed by atoms with Crippen molar-refractivity contribution in [1.29, 1.82) is 0 Å². The Labute approximate surface area is 231 Å². The van der Waals surface area contributed by atoms with Crippen molar-refractivity contribution in [2.75, 3.05) is 19.8 Å². The van der Waals surface area contributed by atoms with Gasteiger partial charge in [-0.05, 0) is 89.9 Å². The summed E-state index contributed by atoms with van der Waals surface area (Å²) in [6, 6.07) is 17.6. The second kappa shape index (κ2) is 12.3. The van der Waals surface area contributed by atoms with Crippen LogP contribution in [0.5, 0.6) is 5.75 Å². The molecule has 1 saturated heterocycles. The zero-order valence-electron chi connectivity index (χ0n) is 22.2. The fraction of sp³-hybridized carbons (Fsp3) is 0.290. The number of nitrogens with zero attached hydrogens (tertiary/aromatic N) is 2. The highest BCUT2D eigenvalue weighted by atomic mass is 19.2. The van der Waals surface area contributed by atoms with E-state index in [4.69, 9.17) is 19.9 Å². The van der Waals surface area contributed by atoms with Gasteiger partial charge in [0, 0.05) is 12.0 Å². The lowest BCUT2D eigenvalue weighted by Gasteiger charge is -2.23. The lowest BCUT2D eigenvalue weighted by atomic mass is 9.87. The number of hydrogen-bond acceptors (Lipinski definition) is 5. The van der Waals surface area contributed by atoms with Crippen LogP contribution in [0.2, 0.25) is 0 Å². The standard InChI is InChI=1S/C31H31F2N3O4/c1-2-25(21-8-12-26(32)27(33)18-21)30(20-6-10-24(11-7-20)38-15-16-40-31(34)37)22-9-13-28-23(17-22)19-35-36(28)29-5-3-4-14-39-29/h6-13,17-19,29H,2-5,14-16H2,1H3,(H2,34,37). The van der Waals surface area contributed by atoms with Crippen LogP contribution in [-0.2, 0) is 9.47 Å². The van der Waals surface area contributed by atoms with Gasteiger partial charge in [-0.15, -0.1) is 0 Å². The molecule has 9 heteroatoms. The minimum atomic E-state index is -0.895. The highest BCUT2D eigenvalue weighted by Crippen LogP contribution is 2.37. The zero-order valence-corrected chi connectivity index (χ0v) is 22.2. The van der Waals surface area contributed by atoms with Gasteiger partial charge >= 0.3 is 6.09 Å². The van der Waals surface area contributed by atoms with Crippen molar-refractivity contribution in [2.24, 2.45) is 5.73 Å². The number of benzene rings is 3. The predicted molar refractivity (Wildman–Crippen MR) is 149 cm³/mol. The average Bonchev–Trinajstić information content (AvgIpc) is 3.40. The molecular formula is C31H31F2N3O4. The number of halogens is 2. The monoisotopic (exact) mass is 547 g/mol. The number of allylic oxidation sites excluding steroid dienone is 1. The molecule has 4 aromatic rings. The first-order valence-electron chi connectivity index (χ1n) is 13.4. The first kappa shape index (κ1) is 27.3. The predicted octanol–water partition coefficient (Wildman–Crippen LogP) is 6.86. The summed E-state index contributed by atoms with van der Waals surface area (Å²) in [5.41, 5.74) is 10.1. The van der Waals surface area contributed by atoms with Gasteiger partial charge in [0.25, 0.3) is 0 Å². The van der Waals surface area contributed by atoms with E-state index >= 15 is 0 Å². The van der Waals surface area contributed by atoms with Crippen LogP contribution in [-0.4, -0.2) is 35.7 Å². The van der Waals surface area contributed by atoms with Crippen molar-refractivity contribution in [2.45, 2.75) is 38.8 Å². The van der Waals surface area contributed by atoms with Crippen LogP contribution in [0, 0.1) is 11.6 Å². The molecule has 0 radical (unpaired) electrons.